The van der Waals surface area contributed by atoms with Gasteiger partial charge in [-0.1, -0.05) is 23.7 Å². The fourth-order valence-electron chi connectivity index (χ4n) is 1.44. The number of phenols is 1. The van der Waals surface area contributed by atoms with Crippen molar-refractivity contribution in [1.82, 2.24) is 0 Å². The first-order chi connectivity index (χ1) is 6.07. The smallest absolute Gasteiger partial charge is 0.161 e. The van der Waals surface area contributed by atoms with Crippen LogP contribution in [0.5, 0.6) is 5.75 Å². The Balaban J connectivity index is 2.47. The van der Waals surface area contributed by atoms with Crippen LogP contribution in [0.2, 0.25) is 0 Å². The van der Waals surface area contributed by atoms with Gasteiger partial charge >= 0.3 is 0 Å². The van der Waals surface area contributed by atoms with E-state index in [9.17, 15) is 10.2 Å². The summed E-state index contributed by atoms with van der Waals surface area (Å²) in [6.45, 7) is 0. The summed E-state index contributed by atoms with van der Waals surface area (Å²) in [5, 5.41) is 17.4. The molecule has 0 radical (unpaired) electrons. The zero-order valence-electron chi connectivity index (χ0n) is 6.87. The van der Waals surface area contributed by atoms with Crippen LogP contribution in [-0.2, 0) is 6.42 Å². The van der Waals surface area contributed by atoms with Gasteiger partial charge in [-0.2, -0.15) is 0 Å². The first-order valence-electron chi connectivity index (χ1n) is 3.99. The van der Waals surface area contributed by atoms with Gasteiger partial charge in [-0.05, 0) is 29.3 Å². The van der Waals surface area contributed by atoms with Gasteiger partial charge in [0.1, 0.15) is 5.75 Å². The number of rotatable bonds is 0. The maximum Gasteiger partial charge on any atom is 0.161 e. The zero-order valence-corrected chi connectivity index (χ0v) is 7.62. The molecular weight excluding hydrogens is 188 g/mol. The fraction of sp³-hybridized carbons (Fsp3) is 0.200. The molecule has 1 aliphatic rings. The molecule has 2 nitrogen and oxygen atoms in total. The monoisotopic (exact) mass is 196 g/mol. The molecule has 1 aromatic carbocycles. The Kier molecular flexibility index (Phi) is 1.82. The summed E-state index contributed by atoms with van der Waals surface area (Å²) in [6, 6.07) is 5.00. The Morgan fingerprint density at radius 1 is 1.38 bits per heavy atom. The number of halogens is 1. The maximum atomic E-state index is 9.51. The Hall–Kier alpha value is -0.990. The lowest BCUT2D eigenvalue weighted by Gasteiger charge is -2.22. The van der Waals surface area contributed by atoms with Crippen molar-refractivity contribution in [2.75, 3.05) is 0 Å². The largest absolute Gasteiger partial charge is 0.508 e. The summed E-state index contributed by atoms with van der Waals surface area (Å²) in [5.74, 6) is 0.225. The third kappa shape index (κ3) is 1.69. The van der Waals surface area contributed by atoms with Crippen molar-refractivity contribution in [3.63, 3.8) is 0 Å². The van der Waals surface area contributed by atoms with Crippen LogP contribution in [0.4, 0.5) is 0 Å². The van der Waals surface area contributed by atoms with Crippen molar-refractivity contribution >= 4 is 17.7 Å². The van der Waals surface area contributed by atoms with Crippen LogP contribution in [-0.4, -0.2) is 15.3 Å². The first-order valence-corrected chi connectivity index (χ1v) is 4.37. The summed E-state index contributed by atoms with van der Waals surface area (Å²) in [5.41, 5.74) is 1.85. The lowest BCUT2D eigenvalue weighted by atomic mass is 9.95. The highest BCUT2D eigenvalue weighted by Gasteiger charge is 2.24. The Morgan fingerprint density at radius 3 is 2.92 bits per heavy atom. The van der Waals surface area contributed by atoms with Crippen LogP contribution >= 0.6 is 11.6 Å². The van der Waals surface area contributed by atoms with Gasteiger partial charge in [-0.25, -0.2) is 0 Å². The molecule has 2 rings (SSSR count). The highest BCUT2D eigenvalue weighted by molar-refractivity contribution is 6.24. The topological polar surface area (TPSA) is 40.5 Å². The Morgan fingerprint density at radius 2 is 2.15 bits per heavy atom. The van der Waals surface area contributed by atoms with E-state index in [1.807, 2.05) is 0 Å². The van der Waals surface area contributed by atoms with Gasteiger partial charge < -0.3 is 10.2 Å². The molecule has 0 fully saturated rings. The minimum Gasteiger partial charge on any atom is -0.508 e. The van der Waals surface area contributed by atoms with E-state index in [2.05, 4.69) is 0 Å². The Bertz CT molecular complexity index is 369. The molecule has 0 spiro atoms. The highest BCUT2D eigenvalue weighted by atomic mass is 35.5. The molecule has 1 aliphatic carbocycles. The van der Waals surface area contributed by atoms with Crippen molar-refractivity contribution in [2.24, 2.45) is 0 Å². The van der Waals surface area contributed by atoms with Crippen molar-refractivity contribution in [2.45, 2.75) is 11.5 Å². The fourth-order valence-corrected chi connectivity index (χ4v) is 1.65. The van der Waals surface area contributed by atoms with Gasteiger partial charge in [0.15, 0.2) is 5.06 Å². The van der Waals surface area contributed by atoms with Crippen LogP contribution in [0.25, 0.3) is 6.08 Å². The van der Waals surface area contributed by atoms with Crippen LogP contribution in [0, 0.1) is 0 Å². The van der Waals surface area contributed by atoms with Crippen LogP contribution in [0.1, 0.15) is 11.1 Å². The van der Waals surface area contributed by atoms with E-state index in [0.29, 0.717) is 6.42 Å². The number of phenolic OH excluding ortho intramolecular Hbond substituents is 1. The molecular formula is C10H9ClO2. The summed E-state index contributed by atoms with van der Waals surface area (Å²) < 4.78 is 0. The van der Waals surface area contributed by atoms with E-state index >= 15 is 0 Å². The molecule has 13 heavy (non-hydrogen) atoms. The molecule has 0 saturated carbocycles. The molecule has 68 valence electrons. The van der Waals surface area contributed by atoms with E-state index < -0.39 is 5.06 Å². The van der Waals surface area contributed by atoms with Gasteiger partial charge in [-0.3, -0.25) is 0 Å². The van der Waals surface area contributed by atoms with Crippen molar-refractivity contribution in [1.29, 1.82) is 0 Å². The summed E-state index contributed by atoms with van der Waals surface area (Å²) in [4.78, 5) is 0. The van der Waals surface area contributed by atoms with E-state index in [-0.39, 0.29) is 5.75 Å². The van der Waals surface area contributed by atoms with Gasteiger partial charge in [0.25, 0.3) is 0 Å². The number of aliphatic hydroxyl groups is 1. The van der Waals surface area contributed by atoms with E-state index in [1.165, 1.54) is 6.08 Å². The van der Waals surface area contributed by atoms with Crippen LogP contribution < -0.4 is 0 Å². The number of aromatic hydroxyl groups is 1. The normalized spacial score (nSPS) is 25.7. The third-order valence-corrected chi connectivity index (χ3v) is 2.35. The zero-order chi connectivity index (χ0) is 9.47. The SMILES string of the molecule is Oc1ccc2c(c1)C=CC(O)(Cl)C2. The molecule has 0 saturated heterocycles. The van der Waals surface area contributed by atoms with E-state index in [4.69, 9.17) is 11.6 Å². The first kappa shape index (κ1) is 8.60. The molecule has 1 unspecified atom stereocenters. The summed E-state index contributed by atoms with van der Waals surface area (Å²) >= 11 is 5.75. The molecule has 0 amide bonds. The van der Waals surface area contributed by atoms with Crippen molar-refractivity contribution in [3.05, 3.63) is 35.4 Å². The van der Waals surface area contributed by atoms with Crippen LogP contribution in [0.3, 0.4) is 0 Å². The van der Waals surface area contributed by atoms with Crippen LogP contribution in [0.15, 0.2) is 24.3 Å². The molecule has 0 aromatic heterocycles. The molecule has 1 aromatic rings. The highest BCUT2D eigenvalue weighted by Crippen LogP contribution is 2.30. The molecule has 3 heteroatoms. The minimum absolute atomic E-state index is 0.225. The lowest BCUT2D eigenvalue weighted by molar-refractivity contribution is 0.179. The van der Waals surface area contributed by atoms with Crippen molar-refractivity contribution in [3.8, 4) is 5.75 Å². The molecule has 2 N–H and O–H groups in total. The summed E-state index contributed by atoms with van der Waals surface area (Å²) in [7, 11) is 0. The van der Waals surface area contributed by atoms with Gasteiger partial charge in [0, 0.05) is 6.42 Å². The number of hydrogen-bond acceptors (Lipinski definition) is 2. The lowest BCUT2D eigenvalue weighted by Crippen LogP contribution is -2.23. The number of fused-ring (bicyclic) bond motifs is 1. The second-order valence-corrected chi connectivity index (χ2v) is 3.87. The van der Waals surface area contributed by atoms with Crippen molar-refractivity contribution < 1.29 is 10.2 Å². The maximum absolute atomic E-state index is 9.51. The quantitative estimate of drug-likeness (QED) is 0.623. The molecule has 0 bridgehead atoms. The second kappa shape index (κ2) is 2.76. The number of benzene rings is 1. The second-order valence-electron chi connectivity index (χ2n) is 3.21. The predicted octanol–water partition coefficient (Wildman–Crippen LogP) is 1.89. The number of hydrogen-bond donors (Lipinski definition) is 2. The Labute approximate surface area is 81.1 Å². The average molecular weight is 197 g/mol. The summed E-state index contributed by atoms with van der Waals surface area (Å²) in [6.07, 6.45) is 3.61. The predicted molar refractivity (Wildman–Crippen MR) is 51.6 cm³/mol. The molecule has 0 heterocycles. The molecule has 1 atom stereocenters. The third-order valence-electron chi connectivity index (χ3n) is 2.09. The van der Waals surface area contributed by atoms with E-state index in [1.54, 1.807) is 24.3 Å². The number of alkyl halides is 1. The minimum atomic E-state index is -1.27. The van der Waals surface area contributed by atoms with Gasteiger partial charge in [0.05, 0.1) is 0 Å². The standard InChI is InChI=1S/C10H9ClO2/c11-10(13)4-3-7-5-9(12)2-1-8(7)6-10/h1-5,12-13H,6H2. The van der Waals surface area contributed by atoms with E-state index in [0.717, 1.165) is 11.1 Å². The van der Waals surface area contributed by atoms with Gasteiger partial charge in [0.2, 0.25) is 0 Å². The van der Waals surface area contributed by atoms with Gasteiger partial charge in [-0.15, -0.1) is 0 Å². The average Bonchev–Trinajstić information content (AvgIpc) is 2.05. The molecule has 0 aliphatic heterocycles.